The monoisotopic (exact) mass is 228 g/mol. The van der Waals surface area contributed by atoms with Crippen molar-refractivity contribution in [3.8, 4) is 22.6 Å². The number of rotatable bonds is 1. The number of aryl methyl sites for hydroxylation is 2. The highest BCUT2D eigenvalue weighted by Crippen LogP contribution is 2.38. The SMILES string of the molecule is Cc1cc(C)c(-c2ccccc2O)c(C)c1O. The van der Waals surface area contributed by atoms with E-state index in [-0.39, 0.29) is 5.75 Å². The van der Waals surface area contributed by atoms with Crippen molar-refractivity contribution in [1.82, 2.24) is 0 Å². The van der Waals surface area contributed by atoms with Gasteiger partial charge in [0.1, 0.15) is 11.5 Å². The molecule has 2 rings (SSSR count). The van der Waals surface area contributed by atoms with Crippen molar-refractivity contribution in [2.24, 2.45) is 0 Å². The van der Waals surface area contributed by atoms with E-state index in [1.807, 2.05) is 39.0 Å². The minimum absolute atomic E-state index is 0.238. The van der Waals surface area contributed by atoms with Crippen molar-refractivity contribution >= 4 is 0 Å². The number of hydrogen-bond donors (Lipinski definition) is 2. The van der Waals surface area contributed by atoms with Crippen LogP contribution in [-0.2, 0) is 0 Å². The molecule has 0 radical (unpaired) electrons. The predicted octanol–water partition coefficient (Wildman–Crippen LogP) is 3.69. The largest absolute Gasteiger partial charge is 0.507 e. The van der Waals surface area contributed by atoms with E-state index in [0.29, 0.717) is 5.75 Å². The maximum Gasteiger partial charge on any atom is 0.123 e. The summed E-state index contributed by atoms with van der Waals surface area (Å²) in [4.78, 5) is 0. The number of hydrogen-bond acceptors (Lipinski definition) is 2. The molecule has 0 heterocycles. The molecule has 0 spiro atoms. The van der Waals surface area contributed by atoms with Crippen molar-refractivity contribution in [2.75, 3.05) is 0 Å². The zero-order chi connectivity index (χ0) is 12.6. The maximum absolute atomic E-state index is 9.98. The zero-order valence-electron chi connectivity index (χ0n) is 10.3. The van der Waals surface area contributed by atoms with Gasteiger partial charge in [0.25, 0.3) is 0 Å². The average Bonchev–Trinajstić information content (AvgIpc) is 2.29. The summed E-state index contributed by atoms with van der Waals surface area (Å²) >= 11 is 0. The Bertz CT molecular complexity index is 571. The lowest BCUT2D eigenvalue weighted by Crippen LogP contribution is -1.92. The van der Waals surface area contributed by atoms with Gasteiger partial charge in [0.15, 0.2) is 0 Å². The third-order valence-corrected chi connectivity index (χ3v) is 3.10. The molecule has 0 saturated heterocycles. The highest BCUT2D eigenvalue weighted by atomic mass is 16.3. The molecule has 2 heteroatoms. The van der Waals surface area contributed by atoms with E-state index in [2.05, 4.69) is 0 Å². The number of aromatic hydroxyl groups is 2. The van der Waals surface area contributed by atoms with E-state index in [0.717, 1.165) is 27.8 Å². The summed E-state index contributed by atoms with van der Waals surface area (Å²) in [6.45, 7) is 5.74. The van der Waals surface area contributed by atoms with Crippen molar-refractivity contribution in [3.63, 3.8) is 0 Å². The van der Waals surface area contributed by atoms with E-state index in [1.54, 1.807) is 12.1 Å². The van der Waals surface area contributed by atoms with Crippen LogP contribution in [0.2, 0.25) is 0 Å². The first-order chi connectivity index (χ1) is 8.02. The molecule has 0 bridgehead atoms. The van der Waals surface area contributed by atoms with Gasteiger partial charge >= 0.3 is 0 Å². The molecule has 0 saturated carbocycles. The molecule has 88 valence electrons. The standard InChI is InChI=1S/C15H16O2/c1-9-8-10(2)15(17)11(3)14(9)12-6-4-5-7-13(12)16/h4-8,16-17H,1-3H3. The molecule has 2 aromatic carbocycles. The van der Waals surface area contributed by atoms with Crippen LogP contribution in [-0.4, -0.2) is 10.2 Å². The van der Waals surface area contributed by atoms with Gasteiger partial charge in [0, 0.05) is 5.56 Å². The van der Waals surface area contributed by atoms with E-state index >= 15 is 0 Å². The fraction of sp³-hybridized carbons (Fsp3) is 0.200. The summed E-state index contributed by atoms with van der Waals surface area (Å²) in [6.07, 6.45) is 0. The Balaban J connectivity index is 2.77. The van der Waals surface area contributed by atoms with E-state index < -0.39 is 0 Å². The highest BCUT2D eigenvalue weighted by Gasteiger charge is 2.14. The molecule has 0 aliphatic carbocycles. The second kappa shape index (κ2) is 4.13. The van der Waals surface area contributed by atoms with Crippen LogP contribution in [0.5, 0.6) is 11.5 Å². The van der Waals surface area contributed by atoms with Gasteiger partial charge in [-0.25, -0.2) is 0 Å². The van der Waals surface area contributed by atoms with Crippen LogP contribution in [0, 0.1) is 20.8 Å². The topological polar surface area (TPSA) is 40.5 Å². The fourth-order valence-electron chi connectivity index (χ4n) is 2.27. The van der Waals surface area contributed by atoms with Crippen molar-refractivity contribution in [2.45, 2.75) is 20.8 Å². The van der Waals surface area contributed by atoms with E-state index in [1.165, 1.54) is 0 Å². The number of benzene rings is 2. The van der Waals surface area contributed by atoms with Crippen molar-refractivity contribution in [3.05, 3.63) is 47.0 Å². The summed E-state index contributed by atoms with van der Waals surface area (Å²) in [7, 11) is 0. The highest BCUT2D eigenvalue weighted by molar-refractivity contribution is 5.78. The van der Waals surface area contributed by atoms with Gasteiger partial charge in [-0.2, -0.15) is 0 Å². The molecule has 0 aliphatic heterocycles. The second-order valence-electron chi connectivity index (χ2n) is 4.38. The molecule has 2 aromatic rings. The lowest BCUT2D eigenvalue weighted by Gasteiger charge is -2.14. The predicted molar refractivity (Wildman–Crippen MR) is 69.4 cm³/mol. The molecular formula is C15H16O2. The quantitative estimate of drug-likeness (QED) is 0.781. The zero-order valence-corrected chi connectivity index (χ0v) is 10.3. The van der Waals surface area contributed by atoms with E-state index in [9.17, 15) is 10.2 Å². The molecule has 0 aromatic heterocycles. The molecular weight excluding hydrogens is 212 g/mol. The van der Waals surface area contributed by atoms with E-state index in [4.69, 9.17) is 0 Å². The third-order valence-electron chi connectivity index (χ3n) is 3.10. The molecule has 0 amide bonds. The van der Waals surface area contributed by atoms with Crippen molar-refractivity contribution < 1.29 is 10.2 Å². The average molecular weight is 228 g/mol. The van der Waals surface area contributed by atoms with Crippen LogP contribution in [0.4, 0.5) is 0 Å². The summed E-state index contributed by atoms with van der Waals surface area (Å²) < 4.78 is 0. The van der Waals surface area contributed by atoms with Gasteiger partial charge in [0.05, 0.1) is 0 Å². The lowest BCUT2D eigenvalue weighted by atomic mass is 9.92. The normalized spacial score (nSPS) is 10.5. The summed E-state index contributed by atoms with van der Waals surface area (Å²) in [5, 5.41) is 19.9. The Kier molecular flexibility index (Phi) is 2.80. The first kappa shape index (κ1) is 11.5. The third kappa shape index (κ3) is 1.86. The summed E-state index contributed by atoms with van der Waals surface area (Å²) in [5.41, 5.74) is 4.39. The second-order valence-corrected chi connectivity index (χ2v) is 4.38. The van der Waals surface area contributed by atoms with Gasteiger partial charge < -0.3 is 10.2 Å². The lowest BCUT2D eigenvalue weighted by molar-refractivity contribution is 0.466. The summed E-state index contributed by atoms with van der Waals surface area (Å²) in [5.74, 6) is 0.538. The van der Waals surface area contributed by atoms with Gasteiger partial charge in [0.2, 0.25) is 0 Å². The van der Waals surface area contributed by atoms with Gasteiger partial charge in [-0.05, 0) is 49.1 Å². The molecule has 2 N–H and O–H groups in total. The molecule has 0 fully saturated rings. The molecule has 0 atom stereocenters. The molecule has 0 unspecified atom stereocenters. The first-order valence-electron chi connectivity index (χ1n) is 5.60. The van der Waals surface area contributed by atoms with Gasteiger partial charge in [-0.3, -0.25) is 0 Å². The number of phenols is 2. The van der Waals surface area contributed by atoms with Crippen LogP contribution >= 0.6 is 0 Å². The number of para-hydroxylation sites is 1. The Morgan fingerprint density at radius 3 is 2.18 bits per heavy atom. The Hall–Kier alpha value is -1.96. The number of phenolic OH excluding ortho intramolecular Hbond substituents is 2. The minimum atomic E-state index is 0.238. The minimum Gasteiger partial charge on any atom is -0.507 e. The van der Waals surface area contributed by atoms with Crippen LogP contribution in [0.25, 0.3) is 11.1 Å². The fourth-order valence-corrected chi connectivity index (χ4v) is 2.27. The van der Waals surface area contributed by atoms with Crippen LogP contribution < -0.4 is 0 Å². The van der Waals surface area contributed by atoms with Crippen LogP contribution in [0.1, 0.15) is 16.7 Å². The maximum atomic E-state index is 9.98. The molecule has 0 aliphatic rings. The smallest absolute Gasteiger partial charge is 0.123 e. The molecule has 2 nitrogen and oxygen atoms in total. The Morgan fingerprint density at radius 1 is 0.882 bits per heavy atom. The van der Waals surface area contributed by atoms with Crippen LogP contribution in [0.15, 0.2) is 30.3 Å². The Morgan fingerprint density at radius 2 is 1.53 bits per heavy atom. The van der Waals surface area contributed by atoms with Crippen LogP contribution in [0.3, 0.4) is 0 Å². The van der Waals surface area contributed by atoms with Gasteiger partial charge in [-0.15, -0.1) is 0 Å². The van der Waals surface area contributed by atoms with Crippen molar-refractivity contribution in [1.29, 1.82) is 0 Å². The first-order valence-corrected chi connectivity index (χ1v) is 5.60. The Labute approximate surface area is 101 Å². The summed E-state index contributed by atoms with van der Waals surface area (Å²) in [6, 6.07) is 9.12. The van der Waals surface area contributed by atoms with Gasteiger partial charge in [-0.1, -0.05) is 24.3 Å². The molecule has 17 heavy (non-hydrogen) atoms.